The van der Waals surface area contributed by atoms with E-state index in [0.29, 0.717) is 11.2 Å². The number of rotatable bonds is 2. The SMILES string of the molecule is O=C(O)c1ccnc(N2CCC3(CCCC3)CC2)c1Cl. The minimum atomic E-state index is -0.997. The van der Waals surface area contributed by atoms with Crippen molar-refractivity contribution in [1.82, 2.24) is 4.98 Å². The number of hydrogen-bond donors (Lipinski definition) is 1. The first kappa shape index (κ1) is 13.7. The average Bonchev–Trinajstić information content (AvgIpc) is 2.88. The first-order chi connectivity index (χ1) is 9.61. The zero-order chi connectivity index (χ0) is 14.2. The first-order valence-corrected chi connectivity index (χ1v) is 7.62. The van der Waals surface area contributed by atoms with Crippen molar-refractivity contribution in [3.63, 3.8) is 0 Å². The Bertz CT molecular complexity index is 517. The van der Waals surface area contributed by atoms with E-state index in [1.54, 1.807) is 0 Å². The Morgan fingerprint density at radius 1 is 1.25 bits per heavy atom. The van der Waals surface area contributed by atoms with Gasteiger partial charge in [0, 0.05) is 19.3 Å². The van der Waals surface area contributed by atoms with Gasteiger partial charge in [-0.15, -0.1) is 0 Å². The maximum absolute atomic E-state index is 11.1. The van der Waals surface area contributed by atoms with Crippen LogP contribution in [0.2, 0.25) is 5.02 Å². The molecule has 0 bridgehead atoms. The van der Waals surface area contributed by atoms with Gasteiger partial charge in [-0.25, -0.2) is 9.78 Å². The van der Waals surface area contributed by atoms with Crippen LogP contribution in [0.25, 0.3) is 0 Å². The third-order valence-electron chi connectivity index (χ3n) is 4.89. The summed E-state index contributed by atoms with van der Waals surface area (Å²) in [4.78, 5) is 17.6. The van der Waals surface area contributed by atoms with E-state index >= 15 is 0 Å². The summed E-state index contributed by atoms with van der Waals surface area (Å²) in [5.74, 6) is -0.373. The number of carboxylic acids is 1. The monoisotopic (exact) mass is 294 g/mol. The number of carbonyl (C=O) groups is 1. The van der Waals surface area contributed by atoms with Crippen LogP contribution in [0.4, 0.5) is 5.82 Å². The van der Waals surface area contributed by atoms with E-state index in [1.165, 1.54) is 50.8 Å². The predicted molar refractivity (Wildman–Crippen MR) is 78.6 cm³/mol. The first-order valence-electron chi connectivity index (χ1n) is 7.24. The topological polar surface area (TPSA) is 53.4 Å². The molecule has 1 aliphatic heterocycles. The molecule has 1 saturated heterocycles. The highest BCUT2D eigenvalue weighted by Crippen LogP contribution is 2.47. The number of pyridine rings is 1. The molecule has 108 valence electrons. The second-order valence-electron chi connectivity index (χ2n) is 6.00. The standard InChI is InChI=1S/C15H19ClN2O2/c16-12-11(14(19)20)3-8-17-13(12)18-9-6-15(7-10-18)4-1-2-5-15/h3,8H,1-2,4-7,9-10H2,(H,19,20). The van der Waals surface area contributed by atoms with E-state index in [9.17, 15) is 4.79 Å². The number of piperidine rings is 1. The molecule has 5 heteroatoms. The lowest BCUT2D eigenvalue weighted by Crippen LogP contribution is -2.39. The van der Waals surface area contributed by atoms with Crippen LogP contribution in [0.5, 0.6) is 0 Å². The minimum Gasteiger partial charge on any atom is -0.478 e. The minimum absolute atomic E-state index is 0.137. The van der Waals surface area contributed by atoms with E-state index in [1.807, 2.05) is 0 Å². The van der Waals surface area contributed by atoms with Crippen LogP contribution < -0.4 is 4.90 Å². The summed E-state index contributed by atoms with van der Waals surface area (Å²) in [6.07, 6.45) is 9.27. The van der Waals surface area contributed by atoms with Crippen molar-refractivity contribution < 1.29 is 9.90 Å². The van der Waals surface area contributed by atoms with Crippen LogP contribution in [0.3, 0.4) is 0 Å². The van der Waals surface area contributed by atoms with Crippen molar-refractivity contribution in [3.05, 3.63) is 22.8 Å². The Balaban J connectivity index is 1.78. The van der Waals surface area contributed by atoms with Crippen molar-refractivity contribution in [2.45, 2.75) is 38.5 Å². The summed E-state index contributed by atoms with van der Waals surface area (Å²) in [7, 11) is 0. The molecule has 4 nitrogen and oxygen atoms in total. The fraction of sp³-hybridized carbons (Fsp3) is 0.600. The second kappa shape index (κ2) is 5.24. The average molecular weight is 295 g/mol. The molecule has 1 aliphatic carbocycles. The Hall–Kier alpha value is -1.29. The van der Waals surface area contributed by atoms with Gasteiger partial charge < -0.3 is 10.0 Å². The van der Waals surface area contributed by atoms with Gasteiger partial charge >= 0.3 is 5.97 Å². The Kier molecular flexibility index (Phi) is 3.59. The quantitative estimate of drug-likeness (QED) is 0.905. The Morgan fingerprint density at radius 2 is 1.90 bits per heavy atom. The molecule has 2 heterocycles. The summed E-state index contributed by atoms with van der Waals surface area (Å²) in [6, 6.07) is 1.45. The maximum Gasteiger partial charge on any atom is 0.337 e. The van der Waals surface area contributed by atoms with E-state index in [2.05, 4.69) is 9.88 Å². The molecule has 1 saturated carbocycles. The Labute approximate surface area is 123 Å². The molecule has 20 heavy (non-hydrogen) atoms. The van der Waals surface area contributed by atoms with Gasteiger partial charge in [-0.3, -0.25) is 0 Å². The summed E-state index contributed by atoms with van der Waals surface area (Å²) >= 11 is 6.20. The molecule has 0 amide bonds. The molecular weight excluding hydrogens is 276 g/mol. The largest absolute Gasteiger partial charge is 0.478 e. The molecule has 1 N–H and O–H groups in total. The van der Waals surface area contributed by atoms with Crippen molar-refractivity contribution >= 4 is 23.4 Å². The number of aromatic nitrogens is 1. The molecule has 1 spiro atoms. The van der Waals surface area contributed by atoms with Crippen LogP contribution in [0.1, 0.15) is 48.9 Å². The molecular formula is C15H19ClN2O2. The predicted octanol–water partition coefficient (Wildman–Crippen LogP) is 3.59. The van der Waals surface area contributed by atoms with Gasteiger partial charge in [0.1, 0.15) is 5.82 Å². The number of nitrogens with zero attached hydrogens (tertiary/aromatic N) is 2. The van der Waals surface area contributed by atoms with Crippen LogP contribution in [-0.4, -0.2) is 29.1 Å². The maximum atomic E-state index is 11.1. The normalized spacial score (nSPS) is 21.4. The van der Waals surface area contributed by atoms with Crippen LogP contribution in [0.15, 0.2) is 12.3 Å². The van der Waals surface area contributed by atoms with Crippen molar-refractivity contribution in [2.24, 2.45) is 5.41 Å². The highest BCUT2D eigenvalue weighted by Gasteiger charge is 2.37. The number of anilines is 1. The van der Waals surface area contributed by atoms with Crippen molar-refractivity contribution in [1.29, 1.82) is 0 Å². The van der Waals surface area contributed by atoms with Crippen LogP contribution in [-0.2, 0) is 0 Å². The van der Waals surface area contributed by atoms with Crippen LogP contribution >= 0.6 is 11.6 Å². The van der Waals surface area contributed by atoms with Gasteiger partial charge in [-0.05, 0) is 37.2 Å². The van der Waals surface area contributed by atoms with E-state index < -0.39 is 5.97 Å². The molecule has 2 fully saturated rings. The second-order valence-corrected chi connectivity index (χ2v) is 6.37. The summed E-state index contributed by atoms with van der Waals surface area (Å²) in [5.41, 5.74) is 0.672. The lowest BCUT2D eigenvalue weighted by Gasteiger charge is -2.40. The van der Waals surface area contributed by atoms with Crippen molar-refractivity contribution in [2.75, 3.05) is 18.0 Å². The highest BCUT2D eigenvalue weighted by molar-refractivity contribution is 6.35. The van der Waals surface area contributed by atoms with E-state index in [-0.39, 0.29) is 10.6 Å². The smallest absolute Gasteiger partial charge is 0.337 e. The summed E-state index contributed by atoms with van der Waals surface area (Å²) in [5, 5.41) is 9.39. The van der Waals surface area contributed by atoms with Gasteiger partial charge in [0.15, 0.2) is 0 Å². The Morgan fingerprint density at radius 3 is 2.50 bits per heavy atom. The lowest BCUT2D eigenvalue weighted by molar-refractivity contribution is 0.0697. The molecule has 0 radical (unpaired) electrons. The third-order valence-corrected chi connectivity index (χ3v) is 5.26. The zero-order valence-corrected chi connectivity index (χ0v) is 12.2. The molecule has 2 aliphatic rings. The summed E-state index contributed by atoms with van der Waals surface area (Å²) in [6.45, 7) is 1.85. The molecule has 1 aromatic rings. The van der Waals surface area contributed by atoms with Crippen molar-refractivity contribution in [3.8, 4) is 0 Å². The van der Waals surface area contributed by atoms with Crippen LogP contribution in [0, 0.1) is 5.41 Å². The molecule has 1 aromatic heterocycles. The zero-order valence-electron chi connectivity index (χ0n) is 11.4. The number of carboxylic acid groups (broad SMARTS) is 1. The van der Waals surface area contributed by atoms with E-state index in [4.69, 9.17) is 16.7 Å². The molecule has 0 atom stereocenters. The lowest BCUT2D eigenvalue weighted by atomic mass is 9.77. The number of hydrogen-bond acceptors (Lipinski definition) is 3. The van der Waals surface area contributed by atoms with Gasteiger partial charge in [0.05, 0.1) is 10.6 Å². The molecule has 3 rings (SSSR count). The summed E-state index contributed by atoms with van der Waals surface area (Å²) < 4.78 is 0. The molecule has 0 unspecified atom stereocenters. The van der Waals surface area contributed by atoms with Gasteiger partial charge in [-0.2, -0.15) is 0 Å². The fourth-order valence-corrected chi connectivity index (χ4v) is 3.95. The number of halogens is 1. The third kappa shape index (κ3) is 2.37. The highest BCUT2D eigenvalue weighted by atomic mass is 35.5. The van der Waals surface area contributed by atoms with Gasteiger partial charge in [-0.1, -0.05) is 24.4 Å². The number of aromatic carboxylic acids is 1. The molecule has 0 aromatic carbocycles. The van der Waals surface area contributed by atoms with Gasteiger partial charge in [0.25, 0.3) is 0 Å². The van der Waals surface area contributed by atoms with Gasteiger partial charge in [0.2, 0.25) is 0 Å². The van der Waals surface area contributed by atoms with E-state index in [0.717, 1.165) is 13.1 Å². The fourth-order valence-electron chi connectivity index (χ4n) is 3.64.